The molecule has 2 amide bonds. The summed E-state index contributed by atoms with van der Waals surface area (Å²) in [4.78, 5) is 27.0. The molecule has 0 aliphatic rings. The molecule has 0 radical (unpaired) electrons. The van der Waals surface area contributed by atoms with Crippen molar-refractivity contribution in [1.29, 1.82) is 0 Å². The van der Waals surface area contributed by atoms with E-state index in [1.54, 1.807) is 11.0 Å². The van der Waals surface area contributed by atoms with Crippen molar-refractivity contribution in [3.8, 4) is 5.75 Å². The summed E-state index contributed by atoms with van der Waals surface area (Å²) in [5, 5.41) is 2.78. The number of benzene rings is 3. The molecule has 5 nitrogen and oxygen atoms in total. The van der Waals surface area contributed by atoms with Crippen molar-refractivity contribution in [2.45, 2.75) is 19.9 Å². The van der Waals surface area contributed by atoms with Gasteiger partial charge < -0.3 is 15.0 Å². The van der Waals surface area contributed by atoms with Gasteiger partial charge in [0.1, 0.15) is 5.75 Å². The highest BCUT2D eigenvalue weighted by molar-refractivity contribution is 5.94. The second-order valence-electron chi connectivity index (χ2n) is 7.51. The number of para-hydroxylation sites is 1. The molecule has 0 bridgehead atoms. The Morgan fingerprint density at radius 3 is 2.44 bits per heavy atom. The maximum Gasteiger partial charge on any atom is 0.265 e. The van der Waals surface area contributed by atoms with Gasteiger partial charge in [0.05, 0.1) is 13.0 Å². The van der Waals surface area contributed by atoms with Crippen molar-refractivity contribution in [2.75, 3.05) is 18.1 Å². The molecule has 0 atom stereocenters. The van der Waals surface area contributed by atoms with E-state index in [1.165, 1.54) is 0 Å². The van der Waals surface area contributed by atoms with Crippen LogP contribution in [0.4, 0.5) is 5.69 Å². The Morgan fingerprint density at radius 1 is 0.969 bits per heavy atom. The fourth-order valence-electron chi connectivity index (χ4n) is 3.21. The first kappa shape index (κ1) is 22.8. The zero-order valence-electron chi connectivity index (χ0n) is 18.3. The lowest BCUT2D eigenvalue weighted by molar-refractivity contribution is -0.121. The van der Waals surface area contributed by atoms with Crippen LogP contribution in [0, 0.1) is 6.92 Å². The van der Waals surface area contributed by atoms with E-state index in [1.807, 2.05) is 85.8 Å². The van der Waals surface area contributed by atoms with E-state index in [4.69, 9.17) is 4.74 Å². The molecule has 3 rings (SSSR count). The molecule has 0 aromatic heterocycles. The van der Waals surface area contributed by atoms with Crippen LogP contribution in [0.15, 0.2) is 91.5 Å². The van der Waals surface area contributed by atoms with Crippen LogP contribution in [0.2, 0.25) is 0 Å². The Labute approximate surface area is 189 Å². The van der Waals surface area contributed by atoms with Crippen molar-refractivity contribution in [1.82, 2.24) is 5.32 Å². The number of aryl methyl sites for hydroxylation is 1. The Balaban J connectivity index is 1.80. The number of ether oxygens (including phenoxy) is 1. The lowest BCUT2D eigenvalue weighted by Gasteiger charge is -2.24. The standard InChI is InChI=1S/C27H28N2O3/c1-3-16-28-26(30)18-23-8-7-9-24(17-23)29(19-22-14-12-21(2)13-15-22)27(31)20-32-25-10-5-4-6-11-25/h3-15,17H,1,16,18-20H2,2H3,(H,28,30). The number of nitrogens with zero attached hydrogens (tertiary/aromatic N) is 1. The molecule has 3 aromatic carbocycles. The molecule has 3 aromatic rings. The summed E-state index contributed by atoms with van der Waals surface area (Å²) in [6.45, 7) is 6.39. The minimum Gasteiger partial charge on any atom is -0.484 e. The molecule has 0 fully saturated rings. The van der Waals surface area contributed by atoms with Gasteiger partial charge in [0.25, 0.3) is 5.91 Å². The fraction of sp³-hybridized carbons (Fsp3) is 0.185. The monoisotopic (exact) mass is 428 g/mol. The second kappa shape index (κ2) is 11.5. The van der Waals surface area contributed by atoms with Crippen molar-refractivity contribution in [2.24, 2.45) is 0 Å². The molecule has 0 aliphatic heterocycles. The van der Waals surface area contributed by atoms with Gasteiger partial charge in [-0.2, -0.15) is 0 Å². The number of anilines is 1. The Kier molecular flexibility index (Phi) is 8.21. The third-order valence-electron chi connectivity index (χ3n) is 4.90. The third-order valence-corrected chi connectivity index (χ3v) is 4.90. The van der Waals surface area contributed by atoms with Gasteiger partial charge in [-0.3, -0.25) is 9.59 Å². The second-order valence-corrected chi connectivity index (χ2v) is 7.51. The number of nitrogens with one attached hydrogen (secondary N) is 1. The predicted molar refractivity (Wildman–Crippen MR) is 128 cm³/mol. The summed E-state index contributed by atoms with van der Waals surface area (Å²) in [7, 11) is 0. The first-order valence-electron chi connectivity index (χ1n) is 10.6. The molecule has 0 saturated heterocycles. The van der Waals surface area contributed by atoms with E-state index in [2.05, 4.69) is 11.9 Å². The smallest absolute Gasteiger partial charge is 0.265 e. The third kappa shape index (κ3) is 6.84. The summed E-state index contributed by atoms with van der Waals surface area (Å²) in [6.07, 6.45) is 1.87. The minimum atomic E-state index is -0.164. The molecule has 0 spiro atoms. The summed E-state index contributed by atoms with van der Waals surface area (Å²) in [5.41, 5.74) is 3.72. The number of carbonyl (C=O) groups excluding carboxylic acids is 2. The molecular formula is C27H28N2O3. The van der Waals surface area contributed by atoms with Crippen molar-refractivity contribution < 1.29 is 14.3 Å². The summed E-state index contributed by atoms with van der Waals surface area (Å²) in [5.74, 6) is 0.386. The maximum absolute atomic E-state index is 13.2. The Hall–Kier alpha value is -3.86. The van der Waals surface area contributed by atoms with Gasteiger partial charge in [0, 0.05) is 12.2 Å². The molecular weight excluding hydrogens is 400 g/mol. The van der Waals surface area contributed by atoms with Crippen LogP contribution in [-0.2, 0) is 22.6 Å². The topological polar surface area (TPSA) is 58.6 Å². The van der Waals surface area contributed by atoms with E-state index in [0.717, 1.165) is 22.4 Å². The molecule has 0 unspecified atom stereocenters. The lowest BCUT2D eigenvalue weighted by atomic mass is 10.1. The fourth-order valence-corrected chi connectivity index (χ4v) is 3.21. The zero-order valence-corrected chi connectivity index (χ0v) is 18.3. The number of amides is 2. The molecule has 0 saturated carbocycles. The number of hydrogen-bond acceptors (Lipinski definition) is 3. The quantitative estimate of drug-likeness (QED) is 0.485. The summed E-state index contributed by atoms with van der Waals surface area (Å²) < 4.78 is 5.70. The highest BCUT2D eigenvalue weighted by Crippen LogP contribution is 2.21. The molecule has 1 N–H and O–H groups in total. The average Bonchev–Trinajstić information content (AvgIpc) is 2.81. The van der Waals surface area contributed by atoms with E-state index < -0.39 is 0 Å². The molecule has 32 heavy (non-hydrogen) atoms. The Bertz CT molecular complexity index is 1050. The summed E-state index contributed by atoms with van der Waals surface area (Å²) in [6, 6.07) is 24.8. The highest BCUT2D eigenvalue weighted by atomic mass is 16.5. The number of hydrogen-bond donors (Lipinski definition) is 1. The highest BCUT2D eigenvalue weighted by Gasteiger charge is 2.18. The SMILES string of the molecule is C=CCNC(=O)Cc1cccc(N(Cc2ccc(C)cc2)C(=O)COc2ccccc2)c1. The van der Waals surface area contributed by atoms with Crippen LogP contribution < -0.4 is 15.0 Å². The van der Waals surface area contributed by atoms with E-state index >= 15 is 0 Å². The first-order valence-corrected chi connectivity index (χ1v) is 10.6. The van der Waals surface area contributed by atoms with Crippen LogP contribution in [0.3, 0.4) is 0 Å². The van der Waals surface area contributed by atoms with Gasteiger partial charge in [-0.25, -0.2) is 0 Å². The van der Waals surface area contributed by atoms with E-state index in [0.29, 0.717) is 18.8 Å². The maximum atomic E-state index is 13.2. The van der Waals surface area contributed by atoms with Crippen LogP contribution in [0.5, 0.6) is 5.75 Å². The molecule has 0 aliphatic carbocycles. The van der Waals surface area contributed by atoms with Crippen LogP contribution in [-0.4, -0.2) is 25.0 Å². The van der Waals surface area contributed by atoms with Crippen LogP contribution in [0.1, 0.15) is 16.7 Å². The van der Waals surface area contributed by atoms with Crippen molar-refractivity contribution in [3.05, 3.63) is 108 Å². The van der Waals surface area contributed by atoms with E-state index in [-0.39, 0.29) is 24.8 Å². The van der Waals surface area contributed by atoms with Gasteiger partial charge in [-0.1, -0.05) is 66.2 Å². The van der Waals surface area contributed by atoms with Gasteiger partial charge in [0.2, 0.25) is 5.91 Å². The van der Waals surface area contributed by atoms with Crippen LogP contribution in [0.25, 0.3) is 0 Å². The largest absolute Gasteiger partial charge is 0.484 e. The van der Waals surface area contributed by atoms with Gasteiger partial charge in [-0.15, -0.1) is 6.58 Å². The van der Waals surface area contributed by atoms with E-state index in [9.17, 15) is 9.59 Å². The Morgan fingerprint density at radius 2 is 1.72 bits per heavy atom. The molecule has 0 heterocycles. The van der Waals surface area contributed by atoms with Gasteiger partial charge in [-0.05, 0) is 42.3 Å². The van der Waals surface area contributed by atoms with Gasteiger partial charge in [0.15, 0.2) is 6.61 Å². The predicted octanol–water partition coefficient (Wildman–Crippen LogP) is 4.45. The average molecular weight is 429 g/mol. The van der Waals surface area contributed by atoms with Crippen LogP contribution >= 0.6 is 0 Å². The number of rotatable bonds is 10. The molecule has 5 heteroatoms. The lowest BCUT2D eigenvalue weighted by Crippen LogP contribution is -2.34. The zero-order chi connectivity index (χ0) is 22.8. The first-order chi connectivity index (χ1) is 15.5. The molecule has 164 valence electrons. The number of carbonyl (C=O) groups is 2. The van der Waals surface area contributed by atoms with Gasteiger partial charge >= 0.3 is 0 Å². The normalized spacial score (nSPS) is 10.3. The van der Waals surface area contributed by atoms with Crippen molar-refractivity contribution in [3.63, 3.8) is 0 Å². The van der Waals surface area contributed by atoms with Crippen molar-refractivity contribution >= 4 is 17.5 Å². The minimum absolute atomic E-state index is 0.0834. The summed E-state index contributed by atoms with van der Waals surface area (Å²) >= 11 is 0.